The number of rotatable bonds is 5. The van der Waals surface area contributed by atoms with E-state index in [9.17, 15) is 19.8 Å². The van der Waals surface area contributed by atoms with Gasteiger partial charge in [0.15, 0.2) is 11.6 Å². The maximum Gasteiger partial charge on any atom is 0.188 e. The predicted octanol–water partition coefficient (Wildman–Crippen LogP) is 5.27. The SMILES string of the molecule is C=C(CC[C@@H](C)[C@H]1CC[C@H]2C3=C(C(=O)[C@H](O)[C@]12C)[C@@]1(C)CC[C@@H](O)[C@@H](C)C1CC3=O)C(C)C. The highest BCUT2D eigenvalue weighted by Crippen LogP contribution is 2.65. The second kappa shape index (κ2) is 8.45. The first-order chi connectivity index (χ1) is 15.4. The van der Waals surface area contributed by atoms with E-state index in [4.69, 9.17) is 0 Å². The molecule has 2 N–H and O–H groups in total. The van der Waals surface area contributed by atoms with E-state index < -0.39 is 23.0 Å². The van der Waals surface area contributed by atoms with Crippen molar-refractivity contribution in [1.29, 1.82) is 0 Å². The van der Waals surface area contributed by atoms with Crippen LogP contribution < -0.4 is 0 Å². The average Bonchev–Trinajstić information content (AvgIpc) is 3.12. The second-order valence-electron chi connectivity index (χ2n) is 12.6. The van der Waals surface area contributed by atoms with Crippen LogP contribution in [0.5, 0.6) is 0 Å². The number of hydrogen-bond acceptors (Lipinski definition) is 4. The van der Waals surface area contributed by atoms with Crippen LogP contribution in [0.1, 0.15) is 86.5 Å². The van der Waals surface area contributed by atoms with Gasteiger partial charge in [0.2, 0.25) is 0 Å². The molecule has 4 rings (SSSR count). The van der Waals surface area contributed by atoms with Gasteiger partial charge in [0.05, 0.1) is 6.10 Å². The maximum atomic E-state index is 13.9. The number of fused-ring (bicyclic) bond motifs is 4. The van der Waals surface area contributed by atoms with E-state index in [1.165, 1.54) is 5.57 Å². The Labute approximate surface area is 199 Å². The van der Waals surface area contributed by atoms with E-state index >= 15 is 0 Å². The number of carbonyl (C=O) groups excluding carboxylic acids is 2. The third-order valence-corrected chi connectivity index (χ3v) is 10.7. The molecule has 4 aliphatic carbocycles. The lowest BCUT2D eigenvalue weighted by molar-refractivity contribution is -0.145. The highest BCUT2D eigenvalue weighted by molar-refractivity contribution is 6.12. The van der Waals surface area contributed by atoms with Crippen molar-refractivity contribution in [2.45, 2.75) is 98.7 Å². The van der Waals surface area contributed by atoms with Gasteiger partial charge < -0.3 is 10.2 Å². The lowest BCUT2D eigenvalue weighted by atomic mass is 9.47. The van der Waals surface area contributed by atoms with E-state index in [2.05, 4.69) is 41.2 Å². The molecule has 0 saturated heterocycles. The van der Waals surface area contributed by atoms with Crippen molar-refractivity contribution < 1.29 is 19.8 Å². The van der Waals surface area contributed by atoms with Crippen LogP contribution in [0.25, 0.3) is 0 Å². The molecule has 9 atom stereocenters. The van der Waals surface area contributed by atoms with Crippen LogP contribution in [0.2, 0.25) is 0 Å². The Balaban J connectivity index is 1.71. The Bertz CT molecular complexity index is 884. The van der Waals surface area contributed by atoms with Crippen molar-refractivity contribution in [2.75, 3.05) is 0 Å². The molecule has 0 amide bonds. The molecule has 0 aliphatic heterocycles. The molecule has 33 heavy (non-hydrogen) atoms. The van der Waals surface area contributed by atoms with E-state index in [1.807, 2.05) is 6.92 Å². The van der Waals surface area contributed by atoms with Crippen molar-refractivity contribution >= 4 is 11.6 Å². The predicted molar refractivity (Wildman–Crippen MR) is 130 cm³/mol. The van der Waals surface area contributed by atoms with Gasteiger partial charge in [0.1, 0.15) is 6.10 Å². The minimum absolute atomic E-state index is 0.0228. The molecule has 2 saturated carbocycles. The molecular weight excluding hydrogens is 412 g/mol. The molecule has 0 aromatic carbocycles. The van der Waals surface area contributed by atoms with Crippen LogP contribution in [0, 0.1) is 46.3 Å². The molecular formula is C29H44O4. The fourth-order valence-corrected chi connectivity index (χ4v) is 8.30. The van der Waals surface area contributed by atoms with Gasteiger partial charge in [-0.1, -0.05) is 53.7 Å². The van der Waals surface area contributed by atoms with Gasteiger partial charge in [-0.15, -0.1) is 0 Å². The molecule has 0 radical (unpaired) electrons. The average molecular weight is 457 g/mol. The summed E-state index contributed by atoms with van der Waals surface area (Å²) in [7, 11) is 0. The van der Waals surface area contributed by atoms with E-state index in [1.54, 1.807) is 0 Å². The van der Waals surface area contributed by atoms with E-state index in [-0.39, 0.29) is 35.2 Å². The van der Waals surface area contributed by atoms with Crippen LogP contribution in [-0.2, 0) is 9.59 Å². The Hall–Kier alpha value is -1.26. The highest BCUT2D eigenvalue weighted by Gasteiger charge is 2.64. The zero-order valence-electron chi connectivity index (χ0n) is 21.5. The highest BCUT2D eigenvalue weighted by atomic mass is 16.3. The number of ketones is 2. The van der Waals surface area contributed by atoms with Crippen LogP contribution >= 0.6 is 0 Å². The maximum absolute atomic E-state index is 13.9. The summed E-state index contributed by atoms with van der Waals surface area (Å²) in [6, 6.07) is 0. The first-order valence-electron chi connectivity index (χ1n) is 13.2. The fourth-order valence-electron chi connectivity index (χ4n) is 8.30. The molecule has 4 nitrogen and oxygen atoms in total. The number of hydrogen-bond donors (Lipinski definition) is 2. The minimum atomic E-state index is -1.06. The number of aliphatic hydroxyl groups excluding tert-OH is 2. The summed E-state index contributed by atoms with van der Waals surface area (Å²) in [4.78, 5) is 27.5. The summed E-state index contributed by atoms with van der Waals surface area (Å²) in [6.45, 7) is 17.0. The van der Waals surface area contributed by atoms with Gasteiger partial charge in [-0.05, 0) is 74.0 Å². The monoisotopic (exact) mass is 456 g/mol. The van der Waals surface area contributed by atoms with Crippen LogP contribution in [0.3, 0.4) is 0 Å². The Morgan fingerprint density at radius 2 is 1.79 bits per heavy atom. The third kappa shape index (κ3) is 3.54. The topological polar surface area (TPSA) is 74.6 Å². The molecule has 4 aliphatic rings. The molecule has 1 unspecified atom stereocenters. The first kappa shape index (κ1) is 24.9. The first-order valence-corrected chi connectivity index (χ1v) is 13.2. The zero-order valence-corrected chi connectivity index (χ0v) is 21.5. The number of Topliss-reactive ketones (excluding diaryl/α,β-unsaturated/α-hetero) is 2. The minimum Gasteiger partial charge on any atom is -0.393 e. The summed E-state index contributed by atoms with van der Waals surface area (Å²) in [5.74, 6) is 0.798. The van der Waals surface area contributed by atoms with Gasteiger partial charge in [-0.2, -0.15) is 0 Å². The molecule has 0 aromatic rings. The summed E-state index contributed by atoms with van der Waals surface area (Å²) in [6.07, 6.45) is 4.05. The second-order valence-corrected chi connectivity index (χ2v) is 12.6. The van der Waals surface area contributed by atoms with Gasteiger partial charge in [-0.3, -0.25) is 9.59 Å². The zero-order chi connectivity index (χ0) is 24.5. The molecule has 0 heterocycles. The molecule has 0 aromatic heterocycles. The quantitative estimate of drug-likeness (QED) is 0.553. The largest absolute Gasteiger partial charge is 0.393 e. The molecule has 0 spiro atoms. The summed E-state index contributed by atoms with van der Waals surface area (Å²) < 4.78 is 0. The smallest absolute Gasteiger partial charge is 0.188 e. The van der Waals surface area contributed by atoms with Crippen molar-refractivity contribution in [3.63, 3.8) is 0 Å². The summed E-state index contributed by atoms with van der Waals surface area (Å²) in [5.41, 5.74) is 1.60. The number of carbonyl (C=O) groups is 2. The standard InChI is InChI=1S/C29H44O4/c1-15(2)16(3)8-9-17(4)19-10-11-20-24-23(31)14-21-18(5)22(30)12-13-28(21,6)25(24)26(32)27(33)29(19,20)7/h15,17-22,27,30,33H,3,8-14H2,1-2,4-7H3/t17-,18+,19-,20+,21?,22-,27+,28+,29-/m1/s1. The van der Waals surface area contributed by atoms with E-state index in [0.29, 0.717) is 36.7 Å². The third-order valence-electron chi connectivity index (χ3n) is 10.7. The van der Waals surface area contributed by atoms with Gasteiger partial charge >= 0.3 is 0 Å². The van der Waals surface area contributed by atoms with E-state index in [0.717, 1.165) is 31.3 Å². The Morgan fingerprint density at radius 1 is 1.12 bits per heavy atom. The van der Waals surface area contributed by atoms with Crippen LogP contribution in [0.15, 0.2) is 23.3 Å². The van der Waals surface area contributed by atoms with Gasteiger partial charge in [0, 0.05) is 28.4 Å². The van der Waals surface area contributed by atoms with Gasteiger partial charge in [0.25, 0.3) is 0 Å². The Kier molecular flexibility index (Phi) is 6.36. The number of allylic oxidation sites excluding steroid dienone is 2. The molecule has 0 bridgehead atoms. The lowest BCUT2D eigenvalue weighted by Gasteiger charge is -2.56. The van der Waals surface area contributed by atoms with Crippen molar-refractivity contribution in [3.8, 4) is 0 Å². The molecule has 184 valence electrons. The molecule has 2 fully saturated rings. The Morgan fingerprint density at radius 3 is 2.42 bits per heavy atom. The normalized spacial score (nSPS) is 43.9. The van der Waals surface area contributed by atoms with Crippen LogP contribution in [-0.4, -0.2) is 34.0 Å². The van der Waals surface area contributed by atoms with Gasteiger partial charge in [-0.25, -0.2) is 0 Å². The van der Waals surface area contributed by atoms with Crippen molar-refractivity contribution in [1.82, 2.24) is 0 Å². The summed E-state index contributed by atoms with van der Waals surface area (Å²) in [5, 5.41) is 22.1. The summed E-state index contributed by atoms with van der Waals surface area (Å²) >= 11 is 0. The van der Waals surface area contributed by atoms with Crippen molar-refractivity contribution in [2.24, 2.45) is 46.3 Å². The molecule has 4 heteroatoms. The lowest BCUT2D eigenvalue weighted by Crippen LogP contribution is -2.58. The van der Waals surface area contributed by atoms with Crippen LogP contribution in [0.4, 0.5) is 0 Å². The van der Waals surface area contributed by atoms with Crippen molar-refractivity contribution in [3.05, 3.63) is 23.3 Å². The number of aliphatic hydroxyl groups is 2. The fraction of sp³-hybridized carbons (Fsp3) is 0.793.